The van der Waals surface area contributed by atoms with Crippen LogP contribution in [0, 0.1) is 5.41 Å². The zero-order valence-electron chi connectivity index (χ0n) is 21.9. The maximum atomic E-state index is 12.7. The van der Waals surface area contributed by atoms with E-state index in [2.05, 4.69) is 15.3 Å². The monoisotopic (exact) mass is 582 g/mol. The molecule has 10 nitrogen and oxygen atoms in total. The number of imidazole rings is 1. The topological polar surface area (TPSA) is 158 Å². The highest BCUT2D eigenvalue weighted by Gasteiger charge is 2.38. The number of nitrogens with one attached hydrogen (secondary N) is 3. The highest BCUT2D eigenvalue weighted by molar-refractivity contribution is 7.90. The number of fused-ring (bicyclic) bond motifs is 1. The molecule has 2 aromatic carbocycles. The van der Waals surface area contributed by atoms with Gasteiger partial charge in [-0.3, -0.25) is 14.3 Å². The van der Waals surface area contributed by atoms with Gasteiger partial charge in [-0.15, -0.1) is 0 Å². The predicted molar refractivity (Wildman–Crippen MR) is 139 cm³/mol. The number of carboxylic acids is 1. The molecular formula is C26H29F3N4O6S. The number of rotatable bonds is 6. The van der Waals surface area contributed by atoms with Gasteiger partial charge in [-0.25, -0.2) is 18.2 Å². The summed E-state index contributed by atoms with van der Waals surface area (Å²) in [5.74, 6) is -2.65. The SMILES string of the molecule is CC(C)(C)CC(=O)N[C@@H](Cc1ccc(C2CC(=O)NS2(=O)=O)cc1)c1nc2ccccc2[nH]1.O=C(O)C(F)(F)F. The minimum atomic E-state index is -5.08. The van der Waals surface area contributed by atoms with Gasteiger partial charge in [0.1, 0.15) is 11.1 Å². The Morgan fingerprint density at radius 1 is 1.10 bits per heavy atom. The van der Waals surface area contributed by atoms with Crippen molar-refractivity contribution in [2.75, 3.05) is 0 Å². The lowest BCUT2D eigenvalue weighted by molar-refractivity contribution is -0.192. The largest absolute Gasteiger partial charge is 0.490 e. The summed E-state index contributed by atoms with van der Waals surface area (Å²) in [7, 11) is -3.69. The first-order chi connectivity index (χ1) is 18.4. The average Bonchev–Trinajstić information content (AvgIpc) is 3.37. The van der Waals surface area contributed by atoms with Gasteiger partial charge in [-0.2, -0.15) is 13.2 Å². The van der Waals surface area contributed by atoms with Gasteiger partial charge < -0.3 is 15.4 Å². The molecule has 2 atom stereocenters. The van der Waals surface area contributed by atoms with E-state index in [1.165, 1.54) is 0 Å². The van der Waals surface area contributed by atoms with Crippen molar-refractivity contribution in [3.8, 4) is 0 Å². The molecule has 4 rings (SSSR count). The number of carbonyl (C=O) groups excluding carboxylic acids is 2. The molecule has 2 heterocycles. The molecule has 0 aliphatic carbocycles. The van der Waals surface area contributed by atoms with Gasteiger partial charge in [-0.05, 0) is 35.1 Å². The maximum Gasteiger partial charge on any atom is 0.490 e. The highest BCUT2D eigenvalue weighted by Crippen LogP contribution is 2.31. The van der Waals surface area contributed by atoms with Crippen molar-refractivity contribution in [2.24, 2.45) is 5.41 Å². The van der Waals surface area contributed by atoms with Crippen LogP contribution < -0.4 is 10.0 Å². The van der Waals surface area contributed by atoms with E-state index in [1.807, 2.05) is 61.9 Å². The zero-order valence-corrected chi connectivity index (χ0v) is 22.7. The number of carbonyl (C=O) groups is 3. The third kappa shape index (κ3) is 8.28. The summed E-state index contributed by atoms with van der Waals surface area (Å²) in [4.78, 5) is 41.1. The molecule has 1 aromatic heterocycles. The van der Waals surface area contributed by atoms with E-state index >= 15 is 0 Å². The zero-order chi connectivity index (χ0) is 29.9. The quantitative estimate of drug-likeness (QED) is 0.343. The lowest BCUT2D eigenvalue weighted by Crippen LogP contribution is -2.33. The Morgan fingerprint density at radius 3 is 2.20 bits per heavy atom. The van der Waals surface area contributed by atoms with Crippen LogP contribution in [0.25, 0.3) is 11.0 Å². The van der Waals surface area contributed by atoms with Crippen molar-refractivity contribution in [3.63, 3.8) is 0 Å². The van der Waals surface area contributed by atoms with Gasteiger partial charge in [0, 0.05) is 6.42 Å². The van der Waals surface area contributed by atoms with Gasteiger partial charge in [-0.1, -0.05) is 57.2 Å². The second-order valence-electron chi connectivity index (χ2n) is 10.5. The molecule has 1 aliphatic rings. The molecule has 1 fully saturated rings. The average molecular weight is 583 g/mol. The molecule has 1 aliphatic heterocycles. The van der Waals surface area contributed by atoms with Crippen LogP contribution in [0.15, 0.2) is 48.5 Å². The predicted octanol–water partition coefficient (Wildman–Crippen LogP) is 3.92. The van der Waals surface area contributed by atoms with Gasteiger partial charge in [0.25, 0.3) is 0 Å². The molecule has 14 heteroatoms. The van der Waals surface area contributed by atoms with E-state index in [0.29, 0.717) is 24.2 Å². The summed E-state index contributed by atoms with van der Waals surface area (Å²) >= 11 is 0. The highest BCUT2D eigenvalue weighted by atomic mass is 32.2. The number of carboxylic acid groups (broad SMARTS) is 1. The molecule has 216 valence electrons. The number of H-pyrrole nitrogens is 1. The summed E-state index contributed by atoms with van der Waals surface area (Å²) in [5, 5.41) is 9.35. The summed E-state index contributed by atoms with van der Waals surface area (Å²) in [6, 6.07) is 14.4. The first-order valence-corrected chi connectivity index (χ1v) is 13.7. The van der Waals surface area contributed by atoms with E-state index in [9.17, 15) is 31.2 Å². The van der Waals surface area contributed by atoms with Crippen molar-refractivity contribution in [3.05, 3.63) is 65.5 Å². The lowest BCUT2D eigenvalue weighted by Gasteiger charge is -2.22. The number of alkyl halides is 3. The standard InChI is InChI=1S/C24H28N4O4S.C2HF3O2/c1-24(2,3)14-22(30)25-19(23-26-17-6-4-5-7-18(17)27-23)12-15-8-10-16(11-9-15)20-13-21(29)28-33(20,31)32;3-2(4,5)1(6)7/h4-11,19-20H,12-14H2,1-3H3,(H,25,30)(H,26,27)(H,28,29);(H,6,7)/t19-,20?;/m0./s1. The summed E-state index contributed by atoms with van der Waals surface area (Å²) in [6.07, 6.45) is -4.31. The van der Waals surface area contributed by atoms with Crippen LogP contribution in [0.3, 0.4) is 0 Å². The molecule has 0 spiro atoms. The fourth-order valence-corrected chi connectivity index (χ4v) is 5.46. The molecule has 2 amide bonds. The smallest absolute Gasteiger partial charge is 0.475 e. The van der Waals surface area contributed by atoms with Crippen LogP contribution in [0.4, 0.5) is 13.2 Å². The third-order valence-electron chi connectivity index (χ3n) is 5.80. The molecule has 40 heavy (non-hydrogen) atoms. The maximum absolute atomic E-state index is 12.7. The summed E-state index contributed by atoms with van der Waals surface area (Å²) in [5.41, 5.74) is 3.04. The number of aromatic amines is 1. The number of nitrogens with zero attached hydrogens (tertiary/aromatic N) is 1. The normalized spacial score (nSPS) is 17.4. The Bertz CT molecular complexity index is 1460. The lowest BCUT2D eigenvalue weighted by atomic mass is 9.91. The number of aromatic nitrogens is 2. The minimum Gasteiger partial charge on any atom is -0.475 e. The van der Waals surface area contributed by atoms with Crippen molar-refractivity contribution >= 4 is 38.8 Å². The Hall–Kier alpha value is -3.94. The molecule has 3 aromatic rings. The fraction of sp³-hybridized carbons (Fsp3) is 0.385. The van der Waals surface area contributed by atoms with Crippen molar-refractivity contribution < 1.29 is 41.1 Å². The Labute approximate surface area is 228 Å². The van der Waals surface area contributed by atoms with E-state index < -0.39 is 33.3 Å². The second kappa shape index (κ2) is 11.7. The molecule has 0 radical (unpaired) electrons. The summed E-state index contributed by atoms with van der Waals surface area (Å²) < 4.78 is 58.1. The number of hydrogen-bond donors (Lipinski definition) is 4. The first-order valence-electron chi connectivity index (χ1n) is 12.1. The van der Waals surface area contributed by atoms with Crippen LogP contribution in [-0.2, 0) is 30.8 Å². The van der Waals surface area contributed by atoms with Crippen LogP contribution >= 0.6 is 0 Å². The first kappa shape index (κ1) is 30.6. The van der Waals surface area contributed by atoms with E-state index in [-0.39, 0.29) is 23.8 Å². The summed E-state index contributed by atoms with van der Waals surface area (Å²) in [6.45, 7) is 6.04. The molecule has 0 saturated carbocycles. The van der Waals surface area contributed by atoms with Gasteiger partial charge >= 0.3 is 12.1 Å². The van der Waals surface area contributed by atoms with Crippen molar-refractivity contribution in [2.45, 2.75) is 57.5 Å². The Balaban J connectivity index is 0.000000559. The molecular weight excluding hydrogens is 553 g/mol. The van der Waals surface area contributed by atoms with Gasteiger partial charge in [0.15, 0.2) is 0 Å². The van der Waals surface area contributed by atoms with E-state index in [1.54, 1.807) is 12.1 Å². The molecule has 1 saturated heterocycles. The third-order valence-corrected chi connectivity index (χ3v) is 7.50. The molecule has 0 bridgehead atoms. The van der Waals surface area contributed by atoms with Crippen LogP contribution in [0.1, 0.15) is 61.9 Å². The van der Waals surface area contributed by atoms with Crippen LogP contribution in [0.2, 0.25) is 0 Å². The van der Waals surface area contributed by atoms with Crippen LogP contribution in [0.5, 0.6) is 0 Å². The van der Waals surface area contributed by atoms with Crippen molar-refractivity contribution in [1.82, 2.24) is 20.0 Å². The molecule has 1 unspecified atom stereocenters. The molecule has 4 N–H and O–H groups in total. The number of hydrogen-bond acceptors (Lipinski definition) is 6. The Kier molecular flexibility index (Phi) is 8.92. The van der Waals surface area contributed by atoms with Crippen LogP contribution in [-0.4, -0.2) is 47.5 Å². The number of aliphatic carboxylic acids is 1. The van der Waals surface area contributed by atoms with Gasteiger partial charge in [0.2, 0.25) is 21.8 Å². The second-order valence-corrected chi connectivity index (χ2v) is 12.4. The van der Waals surface area contributed by atoms with Gasteiger partial charge in [0.05, 0.1) is 23.5 Å². The number of halogens is 3. The minimum absolute atomic E-state index is 0.0637. The van der Waals surface area contributed by atoms with E-state index in [4.69, 9.17) is 9.90 Å². The number of para-hydroxylation sites is 2. The number of sulfonamides is 1. The number of amides is 2. The number of benzene rings is 2. The van der Waals surface area contributed by atoms with Crippen molar-refractivity contribution in [1.29, 1.82) is 0 Å². The fourth-order valence-electron chi connectivity index (χ4n) is 4.03. The van der Waals surface area contributed by atoms with E-state index in [0.717, 1.165) is 16.6 Å². The Morgan fingerprint density at radius 2 is 1.70 bits per heavy atom.